The van der Waals surface area contributed by atoms with Crippen molar-refractivity contribution in [1.82, 2.24) is 15.0 Å². The molecule has 2 rings (SSSR count). The first-order valence-electron chi connectivity index (χ1n) is 6.19. The molecule has 1 unspecified atom stereocenters. The molecule has 0 saturated carbocycles. The quantitative estimate of drug-likeness (QED) is 0.623. The van der Waals surface area contributed by atoms with Gasteiger partial charge in [0.15, 0.2) is 0 Å². The number of rotatable bonds is 5. The fourth-order valence-electron chi connectivity index (χ4n) is 2.18. The molecule has 4 heteroatoms. The van der Waals surface area contributed by atoms with E-state index in [1.807, 2.05) is 17.8 Å². The number of aryl methyl sites for hydroxylation is 3. The molecule has 1 aromatic heterocycles. The number of nitrogens with two attached hydrogens (primary N) is 1. The molecule has 18 heavy (non-hydrogen) atoms. The SMILES string of the molecule is Cc1cccc(CCC(NN)c2nccn2C)c1. The average Bonchev–Trinajstić information content (AvgIpc) is 2.77. The van der Waals surface area contributed by atoms with Crippen molar-refractivity contribution in [2.45, 2.75) is 25.8 Å². The predicted molar refractivity (Wildman–Crippen MR) is 72.8 cm³/mol. The molecule has 0 aliphatic rings. The van der Waals surface area contributed by atoms with Crippen LogP contribution in [0.15, 0.2) is 36.7 Å². The van der Waals surface area contributed by atoms with Crippen LogP contribution in [-0.4, -0.2) is 9.55 Å². The molecule has 0 bridgehead atoms. The van der Waals surface area contributed by atoms with Gasteiger partial charge in [-0.15, -0.1) is 0 Å². The van der Waals surface area contributed by atoms with Crippen LogP contribution in [0.1, 0.15) is 29.4 Å². The Bertz CT molecular complexity index is 504. The Morgan fingerprint density at radius 2 is 2.28 bits per heavy atom. The summed E-state index contributed by atoms with van der Waals surface area (Å²) >= 11 is 0. The molecule has 0 spiro atoms. The van der Waals surface area contributed by atoms with Crippen molar-refractivity contribution in [2.75, 3.05) is 0 Å². The standard InChI is InChI=1S/C14H20N4/c1-11-4-3-5-12(10-11)6-7-13(17-15)14-16-8-9-18(14)2/h3-5,8-10,13,17H,6-7,15H2,1-2H3. The molecule has 0 radical (unpaired) electrons. The smallest absolute Gasteiger partial charge is 0.126 e. The van der Waals surface area contributed by atoms with Crippen molar-refractivity contribution in [1.29, 1.82) is 0 Å². The van der Waals surface area contributed by atoms with Gasteiger partial charge in [-0.05, 0) is 25.3 Å². The monoisotopic (exact) mass is 244 g/mol. The lowest BCUT2D eigenvalue weighted by Gasteiger charge is -2.15. The van der Waals surface area contributed by atoms with Gasteiger partial charge in [-0.3, -0.25) is 5.84 Å². The van der Waals surface area contributed by atoms with Crippen LogP contribution in [0.5, 0.6) is 0 Å². The maximum atomic E-state index is 5.62. The van der Waals surface area contributed by atoms with Gasteiger partial charge < -0.3 is 4.57 Å². The average molecular weight is 244 g/mol. The van der Waals surface area contributed by atoms with Crippen molar-refractivity contribution in [3.8, 4) is 0 Å². The normalized spacial score (nSPS) is 12.6. The van der Waals surface area contributed by atoms with E-state index in [-0.39, 0.29) is 6.04 Å². The number of imidazole rings is 1. The largest absolute Gasteiger partial charge is 0.337 e. The zero-order chi connectivity index (χ0) is 13.0. The van der Waals surface area contributed by atoms with Crippen LogP contribution in [0.4, 0.5) is 0 Å². The number of hydrogen-bond donors (Lipinski definition) is 2. The van der Waals surface area contributed by atoms with Crippen LogP contribution in [0.2, 0.25) is 0 Å². The van der Waals surface area contributed by atoms with Crippen LogP contribution < -0.4 is 11.3 Å². The van der Waals surface area contributed by atoms with E-state index in [4.69, 9.17) is 5.84 Å². The minimum Gasteiger partial charge on any atom is -0.337 e. The molecule has 0 aliphatic heterocycles. The van der Waals surface area contributed by atoms with Crippen molar-refractivity contribution in [2.24, 2.45) is 12.9 Å². The first kappa shape index (κ1) is 12.8. The molecule has 3 N–H and O–H groups in total. The Morgan fingerprint density at radius 3 is 2.89 bits per heavy atom. The molecule has 2 aromatic rings. The molecule has 0 fully saturated rings. The first-order chi connectivity index (χ1) is 8.70. The summed E-state index contributed by atoms with van der Waals surface area (Å²) in [5, 5.41) is 0. The van der Waals surface area contributed by atoms with Crippen molar-refractivity contribution in [3.05, 3.63) is 53.6 Å². The van der Waals surface area contributed by atoms with Gasteiger partial charge in [-0.2, -0.15) is 0 Å². The topological polar surface area (TPSA) is 55.9 Å². The van der Waals surface area contributed by atoms with E-state index in [0.29, 0.717) is 0 Å². The van der Waals surface area contributed by atoms with E-state index in [9.17, 15) is 0 Å². The Balaban J connectivity index is 2.02. The molecule has 1 heterocycles. The minimum atomic E-state index is 0.0884. The van der Waals surface area contributed by atoms with Gasteiger partial charge in [-0.25, -0.2) is 10.4 Å². The van der Waals surface area contributed by atoms with Crippen LogP contribution in [0.3, 0.4) is 0 Å². The van der Waals surface area contributed by atoms with Crippen molar-refractivity contribution in [3.63, 3.8) is 0 Å². The summed E-state index contributed by atoms with van der Waals surface area (Å²) in [4.78, 5) is 4.34. The summed E-state index contributed by atoms with van der Waals surface area (Å²) in [6.07, 6.45) is 5.66. The highest BCUT2D eigenvalue weighted by molar-refractivity contribution is 5.22. The fourth-order valence-corrected chi connectivity index (χ4v) is 2.18. The van der Waals surface area contributed by atoms with Gasteiger partial charge in [-0.1, -0.05) is 29.8 Å². The van der Waals surface area contributed by atoms with Crippen molar-refractivity contribution < 1.29 is 0 Å². The van der Waals surface area contributed by atoms with Gasteiger partial charge in [0.25, 0.3) is 0 Å². The number of hydrazine groups is 1. The van der Waals surface area contributed by atoms with E-state index >= 15 is 0 Å². The molecular formula is C14H20N4. The summed E-state index contributed by atoms with van der Waals surface area (Å²) in [5.41, 5.74) is 5.48. The number of nitrogens with zero attached hydrogens (tertiary/aromatic N) is 2. The van der Waals surface area contributed by atoms with E-state index in [2.05, 4.69) is 41.6 Å². The summed E-state index contributed by atoms with van der Waals surface area (Å²) < 4.78 is 2.00. The highest BCUT2D eigenvalue weighted by Crippen LogP contribution is 2.17. The van der Waals surface area contributed by atoms with Crippen LogP contribution in [-0.2, 0) is 13.5 Å². The third-order valence-electron chi connectivity index (χ3n) is 3.18. The van der Waals surface area contributed by atoms with Gasteiger partial charge in [0.1, 0.15) is 5.82 Å². The summed E-state index contributed by atoms with van der Waals surface area (Å²) in [7, 11) is 1.99. The maximum absolute atomic E-state index is 5.62. The Kier molecular flexibility index (Phi) is 4.12. The summed E-state index contributed by atoms with van der Waals surface area (Å²) in [5.74, 6) is 6.60. The molecule has 96 valence electrons. The third kappa shape index (κ3) is 2.97. The molecule has 1 atom stereocenters. The van der Waals surface area contributed by atoms with Gasteiger partial charge in [0, 0.05) is 19.4 Å². The summed E-state index contributed by atoms with van der Waals surface area (Å²) in [6.45, 7) is 2.11. The van der Waals surface area contributed by atoms with E-state index < -0.39 is 0 Å². The lowest BCUT2D eigenvalue weighted by molar-refractivity contribution is 0.478. The fraction of sp³-hybridized carbons (Fsp3) is 0.357. The van der Waals surface area contributed by atoms with Crippen LogP contribution >= 0.6 is 0 Å². The number of hydrogen-bond acceptors (Lipinski definition) is 3. The van der Waals surface area contributed by atoms with Crippen LogP contribution in [0.25, 0.3) is 0 Å². The predicted octanol–water partition coefficient (Wildman–Crippen LogP) is 1.87. The summed E-state index contributed by atoms with van der Waals surface area (Å²) in [6, 6.07) is 8.66. The second-order valence-corrected chi connectivity index (χ2v) is 4.64. The molecule has 0 saturated heterocycles. The molecule has 0 amide bonds. The number of benzene rings is 1. The lowest BCUT2D eigenvalue weighted by atomic mass is 10.0. The number of nitrogens with one attached hydrogen (secondary N) is 1. The molecular weight excluding hydrogens is 224 g/mol. The van der Waals surface area contributed by atoms with Crippen LogP contribution in [0, 0.1) is 6.92 Å². The highest BCUT2D eigenvalue weighted by atomic mass is 15.3. The molecule has 1 aromatic carbocycles. The van der Waals surface area contributed by atoms with Gasteiger partial charge >= 0.3 is 0 Å². The number of aromatic nitrogens is 2. The second-order valence-electron chi connectivity index (χ2n) is 4.64. The Labute approximate surface area is 108 Å². The third-order valence-corrected chi connectivity index (χ3v) is 3.18. The minimum absolute atomic E-state index is 0.0884. The molecule has 0 aliphatic carbocycles. The highest BCUT2D eigenvalue weighted by Gasteiger charge is 2.13. The Hall–Kier alpha value is -1.65. The lowest BCUT2D eigenvalue weighted by Crippen LogP contribution is -2.30. The van der Waals surface area contributed by atoms with Crippen molar-refractivity contribution >= 4 is 0 Å². The van der Waals surface area contributed by atoms with Gasteiger partial charge in [0.2, 0.25) is 0 Å². The zero-order valence-corrected chi connectivity index (χ0v) is 10.9. The van der Waals surface area contributed by atoms with E-state index in [0.717, 1.165) is 18.7 Å². The van der Waals surface area contributed by atoms with E-state index in [1.54, 1.807) is 6.20 Å². The Morgan fingerprint density at radius 1 is 1.44 bits per heavy atom. The first-order valence-corrected chi connectivity index (χ1v) is 6.19. The second kappa shape index (κ2) is 5.80. The van der Waals surface area contributed by atoms with Gasteiger partial charge in [0.05, 0.1) is 6.04 Å². The zero-order valence-electron chi connectivity index (χ0n) is 10.9. The molecule has 4 nitrogen and oxygen atoms in total. The van der Waals surface area contributed by atoms with E-state index in [1.165, 1.54) is 11.1 Å². The maximum Gasteiger partial charge on any atom is 0.126 e.